The maximum Gasteiger partial charge on any atom is 0.231 e. The van der Waals surface area contributed by atoms with Gasteiger partial charge >= 0.3 is 0 Å². The molecule has 0 atom stereocenters. The number of fused-ring (bicyclic) bond motifs is 1. The van der Waals surface area contributed by atoms with E-state index in [1.807, 2.05) is 45.6 Å². The molecule has 3 aromatic heterocycles. The molecule has 0 aliphatic heterocycles. The van der Waals surface area contributed by atoms with Crippen LogP contribution in [0.1, 0.15) is 5.69 Å². The topological polar surface area (TPSA) is 59.3 Å². The lowest BCUT2D eigenvalue weighted by atomic mass is 10.1. The molecule has 1 N–H and O–H groups in total. The van der Waals surface area contributed by atoms with Gasteiger partial charge in [0, 0.05) is 28.1 Å². The Morgan fingerprint density at radius 3 is 2.71 bits per heavy atom. The van der Waals surface area contributed by atoms with Crippen LogP contribution in [0.4, 0.5) is 10.2 Å². The van der Waals surface area contributed by atoms with Crippen LogP contribution >= 0.6 is 34.3 Å². The van der Waals surface area contributed by atoms with Crippen LogP contribution in [-0.2, 0) is 11.2 Å². The lowest BCUT2D eigenvalue weighted by Gasteiger charge is -2.06. The van der Waals surface area contributed by atoms with E-state index >= 15 is 0 Å². The number of nitrogens with one attached hydrogen (secondary N) is 1. The van der Waals surface area contributed by atoms with Gasteiger partial charge in [-0.2, -0.15) is 0 Å². The fraction of sp³-hybridized carbons (Fsp3) is 0.0455. The van der Waals surface area contributed by atoms with E-state index in [4.69, 9.17) is 11.6 Å². The third-order valence-corrected chi connectivity index (χ3v) is 6.65. The van der Waals surface area contributed by atoms with Gasteiger partial charge < -0.3 is 5.32 Å². The summed E-state index contributed by atoms with van der Waals surface area (Å²) in [6.07, 6.45) is 1.95. The summed E-state index contributed by atoms with van der Waals surface area (Å²) >= 11 is 9.16. The lowest BCUT2D eigenvalue weighted by Crippen LogP contribution is -2.16. The van der Waals surface area contributed by atoms with E-state index < -0.39 is 0 Å². The normalized spacial score (nSPS) is 11.2. The average Bonchev–Trinajstić information content (AvgIpc) is 3.47. The van der Waals surface area contributed by atoms with Crippen molar-refractivity contribution >= 4 is 51.0 Å². The second-order valence-electron chi connectivity index (χ2n) is 6.72. The van der Waals surface area contributed by atoms with Gasteiger partial charge in [0.15, 0.2) is 4.96 Å². The first-order valence-electron chi connectivity index (χ1n) is 9.29. The summed E-state index contributed by atoms with van der Waals surface area (Å²) in [6.45, 7) is 0. The number of thiazole rings is 2. The molecule has 0 aliphatic carbocycles. The van der Waals surface area contributed by atoms with E-state index in [-0.39, 0.29) is 18.1 Å². The fourth-order valence-corrected chi connectivity index (χ4v) is 5.06. The lowest BCUT2D eigenvalue weighted by molar-refractivity contribution is -0.115. The second kappa shape index (κ2) is 8.22. The highest BCUT2D eigenvalue weighted by molar-refractivity contribution is 7.15. The molecule has 0 saturated heterocycles. The van der Waals surface area contributed by atoms with Gasteiger partial charge in [-0.1, -0.05) is 29.8 Å². The number of nitrogens with zero attached hydrogens (tertiary/aromatic N) is 3. The van der Waals surface area contributed by atoms with Gasteiger partial charge in [-0.15, -0.1) is 22.7 Å². The SMILES string of the molecule is O=C(Cc1csc(-c2ccccc2Cl)n1)Nc1c(-c2ccc(F)cc2)nc2sccn12. The number of rotatable bonds is 5. The summed E-state index contributed by atoms with van der Waals surface area (Å²) in [5.74, 6) is 0.00926. The van der Waals surface area contributed by atoms with Gasteiger partial charge in [-0.25, -0.2) is 14.4 Å². The molecule has 5 aromatic rings. The number of hydrogen-bond acceptors (Lipinski definition) is 5. The van der Waals surface area contributed by atoms with Crippen molar-refractivity contribution in [2.24, 2.45) is 0 Å². The molecule has 5 nitrogen and oxygen atoms in total. The second-order valence-corrected chi connectivity index (χ2v) is 8.86. The molecule has 0 spiro atoms. The van der Waals surface area contributed by atoms with Crippen molar-refractivity contribution in [2.75, 3.05) is 5.32 Å². The molecular formula is C22H14ClFN4OS2. The molecule has 0 aliphatic rings. The largest absolute Gasteiger partial charge is 0.310 e. The molecule has 31 heavy (non-hydrogen) atoms. The molecule has 0 saturated carbocycles. The maximum absolute atomic E-state index is 13.3. The molecule has 1 amide bonds. The van der Waals surface area contributed by atoms with Crippen LogP contribution in [0.25, 0.3) is 26.8 Å². The molecule has 5 rings (SSSR count). The Hall–Kier alpha value is -3.07. The van der Waals surface area contributed by atoms with E-state index in [9.17, 15) is 9.18 Å². The molecule has 2 aromatic carbocycles. The van der Waals surface area contributed by atoms with Crippen LogP contribution in [0.5, 0.6) is 0 Å². The number of carbonyl (C=O) groups is 1. The van der Waals surface area contributed by atoms with Crippen molar-refractivity contribution in [3.63, 3.8) is 0 Å². The zero-order chi connectivity index (χ0) is 21.4. The van der Waals surface area contributed by atoms with Crippen molar-refractivity contribution in [1.29, 1.82) is 0 Å². The van der Waals surface area contributed by atoms with Gasteiger partial charge in [0.25, 0.3) is 0 Å². The first-order valence-corrected chi connectivity index (χ1v) is 11.4. The predicted molar refractivity (Wildman–Crippen MR) is 123 cm³/mol. The molecule has 0 radical (unpaired) electrons. The smallest absolute Gasteiger partial charge is 0.231 e. The van der Waals surface area contributed by atoms with Crippen molar-refractivity contribution in [2.45, 2.75) is 6.42 Å². The average molecular weight is 469 g/mol. The summed E-state index contributed by atoms with van der Waals surface area (Å²) < 4.78 is 15.2. The number of imidazole rings is 1. The third-order valence-electron chi connectivity index (χ3n) is 4.64. The number of carbonyl (C=O) groups excluding carboxylic acids is 1. The highest BCUT2D eigenvalue weighted by Gasteiger charge is 2.18. The number of hydrogen-bond donors (Lipinski definition) is 1. The van der Waals surface area contributed by atoms with Gasteiger partial charge in [-0.3, -0.25) is 9.20 Å². The van der Waals surface area contributed by atoms with Crippen LogP contribution in [0.2, 0.25) is 5.02 Å². The highest BCUT2D eigenvalue weighted by atomic mass is 35.5. The Morgan fingerprint density at radius 1 is 1.10 bits per heavy atom. The molecule has 154 valence electrons. The van der Waals surface area contributed by atoms with E-state index in [1.165, 1.54) is 34.8 Å². The fourth-order valence-electron chi connectivity index (χ4n) is 3.20. The van der Waals surface area contributed by atoms with E-state index in [0.717, 1.165) is 21.1 Å². The molecule has 0 bridgehead atoms. The molecule has 3 heterocycles. The minimum atomic E-state index is -0.326. The molecule has 0 unspecified atom stereocenters. The van der Waals surface area contributed by atoms with Gasteiger partial charge in [0.1, 0.15) is 22.3 Å². The Balaban J connectivity index is 1.40. The number of benzene rings is 2. The Labute approximate surface area is 189 Å². The summed E-state index contributed by atoms with van der Waals surface area (Å²) in [4.78, 5) is 22.7. The van der Waals surface area contributed by atoms with Crippen LogP contribution in [-0.4, -0.2) is 20.3 Å². The summed E-state index contributed by atoms with van der Waals surface area (Å²) in [5.41, 5.74) is 2.82. The van der Waals surface area contributed by atoms with Crippen molar-refractivity contribution in [3.8, 4) is 21.8 Å². The minimum Gasteiger partial charge on any atom is -0.310 e. The molecule has 0 fully saturated rings. The van der Waals surface area contributed by atoms with Crippen molar-refractivity contribution < 1.29 is 9.18 Å². The Kier molecular flexibility index (Phi) is 5.27. The van der Waals surface area contributed by atoms with Gasteiger partial charge in [0.05, 0.1) is 17.1 Å². The van der Waals surface area contributed by atoms with Crippen LogP contribution in [0, 0.1) is 5.82 Å². The van der Waals surface area contributed by atoms with Crippen LogP contribution in [0.3, 0.4) is 0 Å². The van der Waals surface area contributed by atoms with E-state index in [2.05, 4.69) is 15.3 Å². The standard InChI is InChI=1S/C22H14ClFN4OS2/c23-17-4-2-1-3-16(17)21-25-15(12-31-21)11-18(29)26-20-19(13-5-7-14(24)8-6-13)27-22-28(20)9-10-30-22/h1-10,12H,11H2,(H,26,29). The highest BCUT2D eigenvalue weighted by Crippen LogP contribution is 2.32. The summed E-state index contributed by atoms with van der Waals surface area (Å²) in [6, 6.07) is 13.5. The van der Waals surface area contributed by atoms with Gasteiger partial charge in [-0.05, 0) is 30.3 Å². The van der Waals surface area contributed by atoms with Crippen LogP contribution in [0.15, 0.2) is 65.5 Å². The van der Waals surface area contributed by atoms with Crippen LogP contribution < -0.4 is 5.32 Å². The third kappa shape index (κ3) is 3.97. The zero-order valence-electron chi connectivity index (χ0n) is 15.9. The molecular weight excluding hydrogens is 455 g/mol. The van der Waals surface area contributed by atoms with Crippen molar-refractivity contribution in [3.05, 3.63) is 82.0 Å². The van der Waals surface area contributed by atoms with E-state index in [0.29, 0.717) is 22.2 Å². The first kappa shape index (κ1) is 19.9. The number of aromatic nitrogens is 3. The van der Waals surface area contributed by atoms with Gasteiger partial charge in [0.2, 0.25) is 5.91 Å². The molecule has 9 heteroatoms. The Morgan fingerprint density at radius 2 is 1.90 bits per heavy atom. The summed E-state index contributed by atoms with van der Waals surface area (Å²) in [7, 11) is 0. The number of anilines is 1. The quantitative estimate of drug-likeness (QED) is 0.336. The monoisotopic (exact) mass is 468 g/mol. The minimum absolute atomic E-state index is 0.112. The van der Waals surface area contributed by atoms with Crippen molar-refractivity contribution in [1.82, 2.24) is 14.4 Å². The number of halogens is 2. The zero-order valence-corrected chi connectivity index (χ0v) is 18.3. The number of amides is 1. The predicted octanol–water partition coefficient (Wildman–Crippen LogP) is 6.16. The summed E-state index contributed by atoms with van der Waals surface area (Å²) in [5, 5.41) is 8.09. The maximum atomic E-state index is 13.3. The first-order chi connectivity index (χ1) is 15.1. The van der Waals surface area contributed by atoms with E-state index in [1.54, 1.807) is 12.1 Å². The Bertz CT molecular complexity index is 1390.